The van der Waals surface area contributed by atoms with Gasteiger partial charge in [-0.1, -0.05) is 42.3 Å². The van der Waals surface area contributed by atoms with Crippen LogP contribution >= 0.6 is 0 Å². The molecule has 2 aromatic heterocycles. The fourth-order valence-corrected chi connectivity index (χ4v) is 8.26. The zero-order chi connectivity index (χ0) is 37.4. The average molecular weight is 729 g/mol. The minimum Gasteiger partial charge on any atom is -0.461 e. The number of piperazine rings is 1. The number of hydrogen-bond donors (Lipinski definition) is 0. The van der Waals surface area contributed by atoms with Crippen LogP contribution in [0.15, 0.2) is 72.9 Å². The molecule has 0 spiro atoms. The number of anilines is 1. The van der Waals surface area contributed by atoms with Crippen molar-refractivity contribution in [3.05, 3.63) is 101 Å². The summed E-state index contributed by atoms with van der Waals surface area (Å²) >= 11 is 0. The molecule has 3 aliphatic rings. The molecule has 0 saturated carbocycles. The molecular formula is C41H35F3N8O2. The van der Waals surface area contributed by atoms with E-state index >= 15 is 8.78 Å². The van der Waals surface area contributed by atoms with Gasteiger partial charge in [0.05, 0.1) is 17.4 Å². The maximum Gasteiger partial charge on any atom is 0.319 e. The lowest BCUT2D eigenvalue weighted by atomic mass is 9.93. The number of benzene rings is 3. The molecule has 8 rings (SSSR count). The molecule has 5 aromatic rings. The molecule has 3 atom stereocenters. The Kier molecular flexibility index (Phi) is 9.34. The fraction of sp³-hybridized carbons (Fsp3) is 0.317. The standard InChI is InChI=1S/C41H35F3N8O2/c1-3-26-7-4-8-27-9-5-10-31(35(26)27)32-11-12-33-37(36(32)44)48-40(54-25-41-13-6-16-51(41)23-28(42)20-41)49-38(33)50-17-18-52(30(24-50)22-45-2)39(53)34(43)19-29-21-46-14-15-47-29/h1,4-5,7-12,14-15,19,21,28,30H,6,13,16-18,20,22-25H2/b34-19-/t28-,30+,41+/m1/s1. The van der Waals surface area contributed by atoms with E-state index in [1.54, 1.807) is 12.1 Å². The van der Waals surface area contributed by atoms with Crippen molar-refractivity contribution < 1.29 is 22.7 Å². The van der Waals surface area contributed by atoms with E-state index in [2.05, 4.69) is 30.6 Å². The zero-order valence-electron chi connectivity index (χ0n) is 29.3. The van der Waals surface area contributed by atoms with Gasteiger partial charge in [-0.25, -0.2) is 19.7 Å². The fourth-order valence-electron chi connectivity index (χ4n) is 8.26. The Labute approximate surface area is 310 Å². The van der Waals surface area contributed by atoms with Crippen molar-refractivity contribution in [2.75, 3.05) is 50.8 Å². The number of rotatable bonds is 8. The molecule has 0 N–H and O–H groups in total. The van der Waals surface area contributed by atoms with Crippen molar-refractivity contribution in [3.8, 4) is 29.5 Å². The van der Waals surface area contributed by atoms with Crippen LogP contribution in [0, 0.1) is 24.7 Å². The first-order valence-corrected chi connectivity index (χ1v) is 17.8. The van der Waals surface area contributed by atoms with E-state index < -0.39 is 35.3 Å². The van der Waals surface area contributed by atoms with Crippen molar-refractivity contribution >= 4 is 39.5 Å². The van der Waals surface area contributed by atoms with Crippen LogP contribution < -0.4 is 9.64 Å². The first-order valence-electron chi connectivity index (χ1n) is 17.8. The molecule has 0 aliphatic carbocycles. The summed E-state index contributed by atoms with van der Waals surface area (Å²) in [6, 6.07) is 13.8. The van der Waals surface area contributed by atoms with E-state index in [9.17, 15) is 9.18 Å². The van der Waals surface area contributed by atoms with Gasteiger partial charge in [0.2, 0.25) is 6.54 Å². The molecule has 10 nitrogen and oxygen atoms in total. The van der Waals surface area contributed by atoms with Crippen molar-refractivity contribution in [1.82, 2.24) is 29.7 Å². The molecule has 13 heteroatoms. The summed E-state index contributed by atoms with van der Waals surface area (Å²) in [7, 11) is 0. The van der Waals surface area contributed by atoms with E-state index in [0.717, 1.165) is 36.2 Å². The number of nitrogens with zero attached hydrogens (tertiary/aromatic N) is 8. The maximum absolute atomic E-state index is 17.1. The lowest BCUT2D eigenvalue weighted by Crippen LogP contribution is -2.56. The molecule has 3 aliphatic heterocycles. The summed E-state index contributed by atoms with van der Waals surface area (Å²) in [5, 5.41) is 1.98. The number of halogens is 3. The van der Waals surface area contributed by atoms with Crippen molar-refractivity contribution in [3.63, 3.8) is 0 Å². The first kappa shape index (κ1) is 35.0. The number of terminal acetylenes is 1. The number of carbonyl (C=O) groups is 1. The molecule has 3 aromatic carbocycles. The second kappa shape index (κ2) is 14.4. The average Bonchev–Trinajstić information content (AvgIpc) is 3.72. The van der Waals surface area contributed by atoms with Crippen LogP contribution in [0.3, 0.4) is 0 Å². The third-order valence-electron chi connectivity index (χ3n) is 10.8. The Balaban J connectivity index is 1.19. The Morgan fingerprint density at radius 2 is 1.94 bits per heavy atom. The Morgan fingerprint density at radius 1 is 1.09 bits per heavy atom. The van der Waals surface area contributed by atoms with E-state index in [0.29, 0.717) is 35.3 Å². The molecular weight excluding hydrogens is 693 g/mol. The molecule has 272 valence electrons. The summed E-state index contributed by atoms with van der Waals surface area (Å²) < 4.78 is 53.2. The Bertz CT molecular complexity index is 2370. The van der Waals surface area contributed by atoms with Gasteiger partial charge in [0.25, 0.3) is 5.91 Å². The molecule has 1 amide bonds. The normalized spacial score (nSPS) is 21.6. The highest BCUT2D eigenvalue weighted by Crippen LogP contribution is 2.41. The topological polar surface area (TPSA) is 91.9 Å². The molecule has 3 fully saturated rings. The monoisotopic (exact) mass is 728 g/mol. The summed E-state index contributed by atoms with van der Waals surface area (Å²) in [5.74, 6) is 0.563. The van der Waals surface area contributed by atoms with E-state index in [1.165, 1.54) is 23.5 Å². The first-order chi connectivity index (χ1) is 26.3. The number of ether oxygens (including phenoxy) is 1. The highest BCUT2D eigenvalue weighted by Gasteiger charge is 2.49. The Hall–Kier alpha value is -6.05. The summed E-state index contributed by atoms with van der Waals surface area (Å²) in [6.07, 6.45) is 12.1. The molecule has 0 radical (unpaired) electrons. The molecule has 0 unspecified atom stereocenters. The smallest absolute Gasteiger partial charge is 0.319 e. The largest absolute Gasteiger partial charge is 0.461 e. The SMILES string of the molecule is [C-]#[N+]C[C@H]1CN(c2nc(OC[C@@]34CCCN3C[C@H](F)C4)nc3c(F)c(-c4cccc5cccc(C#C)c45)ccc23)CCN1C(=O)/C(F)=C/c1cnccn1. The number of amides is 1. The van der Waals surface area contributed by atoms with E-state index in [-0.39, 0.29) is 55.6 Å². The molecule has 5 heterocycles. The van der Waals surface area contributed by atoms with E-state index in [4.69, 9.17) is 22.7 Å². The van der Waals surface area contributed by atoms with Crippen LogP contribution in [0.25, 0.3) is 43.7 Å². The van der Waals surface area contributed by atoms with Gasteiger partial charge in [-0.2, -0.15) is 9.97 Å². The predicted octanol–water partition coefficient (Wildman–Crippen LogP) is 6.26. The lowest BCUT2D eigenvalue weighted by Gasteiger charge is -2.40. The van der Waals surface area contributed by atoms with Gasteiger partial charge in [0.15, 0.2) is 11.6 Å². The van der Waals surface area contributed by atoms with Gasteiger partial charge < -0.3 is 19.4 Å². The van der Waals surface area contributed by atoms with E-state index in [1.807, 2.05) is 41.3 Å². The molecule has 54 heavy (non-hydrogen) atoms. The quantitative estimate of drug-likeness (QED) is 0.105. The maximum atomic E-state index is 17.1. The Morgan fingerprint density at radius 3 is 2.74 bits per heavy atom. The van der Waals surface area contributed by atoms with Crippen molar-refractivity contribution in [2.24, 2.45) is 0 Å². The zero-order valence-corrected chi connectivity index (χ0v) is 29.3. The molecule has 0 bridgehead atoms. The second-order valence-electron chi connectivity index (χ2n) is 13.9. The highest BCUT2D eigenvalue weighted by atomic mass is 19.1. The number of fused-ring (bicyclic) bond motifs is 3. The van der Waals surface area contributed by atoms with Crippen LogP contribution in [0.5, 0.6) is 6.01 Å². The van der Waals surface area contributed by atoms with Crippen molar-refractivity contribution in [1.29, 1.82) is 0 Å². The second-order valence-corrected chi connectivity index (χ2v) is 13.9. The van der Waals surface area contributed by atoms with Gasteiger partial charge in [-0.05, 0) is 42.5 Å². The minimum atomic E-state index is -1.03. The minimum absolute atomic E-state index is 0.0106. The third-order valence-corrected chi connectivity index (χ3v) is 10.8. The predicted molar refractivity (Wildman–Crippen MR) is 199 cm³/mol. The third kappa shape index (κ3) is 6.35. The van der Waals surface area contributed by atoms with Crippen LogP contribution in [0.4, 0.5) is 19.0 Å². The lowest BCUT2D eigenvalue weighted by molar-refractivity contribution is -0.130. The van der Waals surface area contributed by atoms with Crippen molar-refractivity contribution in [2.45, 2.75) is 37.0 Å². The molecule has 3 saturated heterocycles. The van der Waals surface area contributed by atoms with Gasteiger partial charge >= 0.3 is 6.01 Å². The number of alkyl halides is 1. The number of aromatic nitrogens is 4. The summed E-state index contributed by atoms with van der Waals surface area (Å²) in [6.45, 7) is 9.14. The summed E-state index contributed by atoms with van der Waals surface area (Å²) in [4.78, 5) is 39.5. The van der Waals surface area contributed by atoms with Gasteiger partial charge in [-0.3, -0.25) is 19.7 Å². The van der Waals surface area contributed by atoms with Crippen LogP contribution in [0.2, 0.25) is 0 Å². The van der Waals surface area contributed by atoms with Gasteiger partial charge in [-0.15, -0.1) is 6.42 Å². The van der Waals surface area contributed by atoms with Gasteiger partial charge in [0, 0.05) is 73.0 Å². The van der Waals surface area contributed by atoms with Crippen LogP contribution in [-0.2, 0) is 4.79 Å². The van der Waals surface area contributed by atoms with Crippen LogP contribution in [0.1, 0.15) is 30.5 Å². The van der Waals surface area contributed by atoms with Gasteiger partial charge in [0.1, 0.15) is 30.2 Å². The van der Waals surface area contributed by atoms with Crippen LogP contribution in [-0.4, -0.2) is 99.3 Å². The summed E-state index contributed by atoms with van der Waals surface area (Å²) in [5.41, 5.74) is 1.21. The highest BCUT2D eigenvalue weighted by molar-refractivity contribution is 6.03. The number of carbonyl (C=O) groups excluding carboxylic acids is 1. The number of hydrogen-bond acceptors (Lipinski definition) is 8.